The van der Waals surface area contributed by atoms with Gasteiger partial charge >= 0.3 is 0 Å². The molecule has 2 aliphatic rings. The summed E-state index contributed by atoms with van der Waals surface area (Å²) in [6, 6.07) is 5.20. The summed E-state index contributed by atoms with van der Waals surface area (Å²) in [5.74, 6) is -1.68. The van der Waals surface area contributed by atoms with E-state index in [1.807, 2.05) is 0 Å². The lowest BCUT2D eigenvalue weighted by molar-refractivity contribution is -0.128. The molecule has 0 aliphatic heterocycles. The lowest BCUT2D eigenvalue weighted by Gasteiger charge is -2.19. The zero-order chi connectivity index (χ0) is 19.1. The second-order valence-electron chi connectivity index (χ2n) is 6.78. The van der Waals surface area contributed by atoms with Crippen LogP contribution in [0.2, 0.25) is 5.02 Å². The van der Waals surface area contributed by atoms with Crippen molar-refractivity contribution in [2.75, 3.05) is 7.11 Å². The first-order chi connectivity index (χ1) is 12.2. The summed E-state index contributed by atoms with van der Waals surface area (Å²) in [6.45, 7) is 0. The fourth-order valence-corrected chi connectivity index (χ4v) is 5.69. The van der Waals surface area contributed by atoms with Gasteiger partial charge in [0.15, 0.2) is 9.84 Å². The van der Waals surface area contributed by atoms with Crippen LogP contribution in [-0.4, -0.2) is 38.3 Å². The lowest BCUT2D eigenvalue weighted by Crippen LogP contribution is -2.42. The molecule has 2 fully saturated rings. The van der Waals surface area contributed by atoms with Crippen molar-refractivity contribution in [3.63, 3.8) is 0 Å². The molecule has 3 unspecified atom stereocenters. The number of nitriles is 1. The number of amides is 1. The molecule has 2 aliphatic carbocycles. The molecule has 1 aromatic carbocycles. The molecule has 9 heteroatoms. The molecule has 140 valence electrons. The Balaban J connectivity index is 1.81. The number of methoxy groups -OCH3 is 1. The van der Waals surface area contributed by atoms with Crippen molar-refractivity contribution in [2.45, 2.75) is 47.5 Å². The van der Waals surface area contributed by atoms with Gasteiger partial charge in [-0.3, -0.25) is 4.79 Å². The summed E-state index contributed by atoms with van der Waals surface area (Å²) >= 11 is 5.91. The topological polar surface area (TPSA) is 96.3 Å². The number of nitrogens with zero attached hydrogens (tertiary/aromatic N) is 1. The highest BCUT2D eigenvalue weighted by Crippen LogP contribution is 2.40. The molecule has 0 saturated heterocycles. The van der Waals surface area contributed by atoms with Gasteiger partial charge in [-0.2, -0.15) is 5.26 Å². The smallest absolute Gasteiger partial charge is 0.227 e. The molecule has 0 heterocycles. The summed E-state index contributed by atoms with van der Waals surface area (Å²) in [5.41, 5.74) is -0.827. The Hall–Kier alpha value is -1.69. The highest BCUT2D eigenvalue weighted by atomic mass is 35.5. The molecule has 1 aromatic rings. The van der Waals surface area contributed by atoms with Crippen LogP contribution in [0.3, 0.4) is 0 Å². The highest BCUT2D eigenvalue weighted by Gasteiger charge is 2.50. The molecule has 0 radical (unpaired) electrons. The van der Waals surface area contributed by atoms with E-state index in [-0.39, 0.29) is 28.7 Å². The number of nitrogens with one attached hydrogen (secondary N) is 1. The van der Waals surface area contributed by atoms with E-state index < -0.39 is 38.5 Å². The third-order valence-electron chi connectivity index (χ3n) is 5.07. The van der Waals surface area contributed by atoms with Crippen molar-refractivity contribution in [3.05, 3.63) is 29.0 Å². The first-order valence-electron chi connectivity index (χ1n) is 8.17. The second-order valence-corrected chi connectivity index (χ2v) is 9.38. The second kappa shape index (κ2) is 6.80. The monoisotopic (exact) mass is 400 g/mol. The highest BCUT2D eigenvalue weighted by molar-refractivity contribution is 7.92. The normalized spacial score (nSPS) is 26.9. The maximum absolute atomic E-state index is 13.2. The Morgan fingerprint density at radius 2 is 2.12 bits per heavy atom. The van der Waals surface area contributed by atoms with E-state index in [1.165, 1.54) is 7.11 Å². The van der Waals surface area contributed by atoms with Crippen LogP contribution in [-0.2, 0) is 19.4 Å². The predicted octanol–water partition coefficient (Wildman–Crippen LogP) is 2.22. The molecule has 2 saturated carbocycles. The van der Waals surface area contributed by atoms with Crippen molar-refractivity contribution < 1.29 is 22.3 Å². The Morgan fingerprint density at radius 3 is 2.65 bits per heavy atom. The zero-order valence-electron chi connectivity index (χ0n) is 14.0. The Morgan fingerprint density at radius 1 is 1.42 bits per heavy atom. The van der Waals surface area contributed by atoms with Crippen LogP contribution < -0.4 is 5.32 Å². The van der Waals surface area contributed by atoms with Crippen LogP contribution in [0.15, 0.2) is 23.1 Å². The SMILES string of the molecule is COC1CC(S(=O)(=O)c2ccc(F)cc2Cl)CC1C(=O)NC1(C#N)CC1. The van der Waals surface area contributed by atoms with Gasteiger partial charge in [-0.25, -0.2) is 12.8 Å². The molecule has 0 aromatic heterocycles. The molecule has 0 spiro atoms. The molecular formula is C17H18ClFN2O4S. The van der Waals surface area contributed by atoms with E-state index >= 15 is 0 Å². The summed E-state index contributed by atoms with van der Waals surface area (Å²) < 4.78 is 44.3. The minimum absolute atomic E-state index is 0.0574. The summed E-state index contributed by atoms with van der Waals surface area (Å²) in [4.78, 5) is 12.4. The lowest BCUT2D eigenvalue weighted by atomic mass is 10.0. The average molecular weight is 401 g/mol. The summed E-state index contributed by atoms with van der Waals surface area (Å²) in [5, 5.41) is 10.8. The third-order valence-corrected chi connectivity index (χ3v) is 7.72. The molecule has 3 rings (SSSR count). The van der Waals surface area contributed by atoms with Gasteiger partial charge in [0.05, 0.1) is 33.3 Å². The van der Waals surface area contributed by atoms with Gasteiger partial charge in [0.25, 0.3) is 0 Å². The average Bonchev–Trinajstić information content (AvgIpc) is 3.20. The van der Waals surface area contributed by atoms with Gasteiger partial charge in [-0.15, -0.1) is 0 Å². The largest absolute Gasteiger partial charge is 0.381 e. The molecule has 0 bridgehead atoms. The van der Waals surface area contributed by atoms with Crippen molar-refractivity contribution >= 4 is 27.3 Å². The van der Waals surface area contributed by atoms with E-state index in [1.54, 1.807) is 0 Å². The van der Waals surface area contributed by atoms with Gasteiger partial charge in [0.1, 0.15) is 11.4 Å². The molecule has 1 N–H and O–H groups in total. The van der Waals surface area contributed by atoms with Crippen LogP contribution >= 0.6 is 11.6 Å². The van der Waals surface area contributed by atoms with Crippen LogP contribution in [0.25, 0.3) is 0 Å². The molecule has 6 nitrogen and oxygen atoms in total. The fourth-order valence-electron chi connectivity index (χ4n) is 3.35. The van der Waals surface area contributed by atoms with Crippen LogP contribution in [0.1, 0.15) is 25.7 Å². The number of hydrogen-bond donors (Lipinski definition) is 1. The van der Waals surface area contributed by atoms with E-state index in [2.05, 4.69) is 11.4 Å². The maximum Gasteiger partial charge on any atom is 0.227 e. The fraction of sp³-hybridized carbons (Fsp3) is 0.529. The van der Waals surface area contributed by atoms with Gasteiger partial charge < -0.3 is 10.1 Å². The Bertz CT molecular complexity index is 879. The summed E-state index contributed by atoms with van der Waals surface area (Å²) in [7, 11) is -2.43. The number of ether oxygens (including phenoxy) is 1. The quantitative estimate of drug-likeness (QED) is 0.764. The first kappa shape index (κ1) is 19.1. The van der Waals surface area contributed by atoms with Gasteiger partial charge in [0.2, 0.25) is 5.91 Å². The number of halogens is 2. The maximum atomic E-state index is 13.2. The van der Waals surface area contributed by atoms with Gasteiger partial charge in [0, 0.05) is 7.11 Å². The van der Waals surface area contributed by atoms with Gasteiger partial charge in [-0.05, 0) is 43.9 Å². The molecular weight excluding hydrogens is 383 g/mol. The first-order valence-corrected chi connectivity index (χ1v) is 10.1. The number of carbonyl (C=O) groups excluding carboxylic acids is 1. The number of sulfone groups is 1. The van der Waals surface area contributed by atoms with Gasteiger partial charge in [-0.1, -0.05) is 11.6 Å². The number of benzene rings is 1. The standard InChI is InChI=1S/C17H18ClFN2O4S/c1-25-14-8-11(7-12(14)16(22)21-17(9-20)4-5-17)26(23,24)15-3-2-10(19)6-13(15)18/h2-3,6,11-12,14H,4-5,7-8H2,1H3,(H,21,22). The van der Waals surface area contributed by atoms with Crippen molar-refractivity contribution in [3.8, 4) is 6.07 Å². The minimum Gasteiger partial charge on any atom is -0.381 e. The van der Waals surface area contributed by atoms with Crippen molar-refractivity contribution in [2.24, 2.45) is 5.92 Å². The number of hydrogen-bond acceptors (Lipinski definition) is 5. The van der Waals surface area contributed by atoms with E-state index in [4.69, 9.17) is 21.6 Å². The minimum atomic E-state index is -3.85. The molecule has 1 amide bonds. The predicted molar refractivity (Wildman–Crippen MR) is 91.6 cm³/mol. The van der Waals surface area contributed by atoms with E-state index in [0.29, 0.717) is 12.8 Å². The van der Waals surface area contributed by atoms with Crippen LogP contribution in [0, 0.1) is 23.1 Å². The van der Waals surface area contributed by atoms with Crippen molar-refractivity contribution in [1.29, 1.82) is 5.26 Å². The zero-order valence-corrected chi connectivity index (χ0v) is 15.6. The van der Waals surface area contributed by atoms with Crippen molar-refractivity contribution in [1.82, 2.24) is 5.32 Å². The van der Waals surface area contributed by atoms with E-state index in [0.717, 1.165) is 18.2 Å². The number of rotatable bonds is 5. The number of carbonyl (C=O) groups is 1. The van der Waals surface area contributed by atoms with Crippen LogP contribution in [0.4, 0.5) is 4.39 Å². The van der Waals surface area contributed by atoms with Crippen LogP contribution in [0.5, 0.6) is 0 Å². The molecule has 26 heavy (non-hydrogen) atoms. The molecule has 3 atom stereocenters. The Labute approximate surface area is 156 Å². The Kier molecular flexibility index (Phi) is 4.99. The third kappa shape index (κ3) is 3.43. The summed E-state index contributed by atoms with van der Waals surface area (Å²) in [6.07, 6.45) is 0.786. The van der Waals surface area contributed by atoms with E-state index in [9.17, 15) is 17.6 Å².